The molecule has 1 aliphatic rings. The van der Waals surface area contributed by atoms with Gasteiger partial charge in [-0.05, 0) is 25.4 Å². The summed E-state index contributed by atoms with van der Waals surface area (Å²) in [6.07, 6.45) is 2.02. The smallest absolute Gasteiger partial charge is 0.330 e. The van der Waals surface area contributed by atoms with Gasteiger partial charge in [0.05, 0.1) is 0 Å². The molecule has 1 N–H and O–H groups in total. The second-order valence-electron chi connectivity index (χ2n) is 5.96. The molecule has 0 aliphatic carbocycles. The van der Waals surface area contributed by atoms with E-state index in [-0.39, 0.29) is 11.0 Å². The fourth-order valence-corrected chi connectivity index (χ4v) is 2.95. The number of aromatic nitrogens is 4. The number of imidazole rings is 1. The van der Waals surface area contributed by atoms with Crippen LogP contribution in [0.5, 0.6) is 0 Å². The summed E-state index contributed by atoms with van der Waals surface area (Å²) in [6.45, 7) is 7.95. The van der Waals surface area contributed by atoms with Crippen molar-refractivity contribution in [2.24, 2.45) is 7.05 Å². The van der Waals surface area contributed by atoms with Crippen molar-refractivity contribution < 1.29 is 0 Å². The van der Waals surface area contributed by atoms with Gasteiger partial charge in [-0.25, -0.2) is 4.79 Å². The maximum absolute atomic E-state index is 12.6. The zero-order valence-electron chi connectivity index (χ0n) is 13.6. The third-order valence-electron chi connectivity index (χ3n) is 4.02. The van der Waals surface area contributed by atoms with Crippen LogP contribution in [-0.4, -0.2) is 45.3 Å². The van der Waals surface area contributed by atoms with Crippen molar-refractivity contribution in [3.63, 3.8) is 0 Å². The van der Waals surface area contributed by atoms with Crippen LogP contribution in [0.2, 0.25) is 5.28 Å². The average molecular weight is 337 g/mol. The van der Waals surface area contributed by atoms with E-state index in [4.69, 9.17) is 11.6 Å². The zero-order chi connectivity index (χ0) is 16.6. The van der Waals surface area contributed by atoms with Crippen LogP contribution in [0.1, 0.15) is 13.8 Å². The fraction of sp³-hybridized carbons (Fsp3) is 0.533. The summed E-state index contributed by atoms with van der Waals surface area (Å²) in [5, 5.41) is 3.48. The zero-order valence-corrected chi connectivity index (χ0v) is 14.4. The number of hydrogen-bond acceptors (Lipinski definition) is 5. The van der Waals surface area contributed by atoms with E-state index in [1.165, 1.54) is 4.57 Å². The summed E-state index contributed by atoms with van der Waals surface area (Å²) in [5.74, 6) is 0.737. The molecule has 0 saturated carbocycles. The van der Waals surface area contributed by atoms with Gasteiger partial charge >= 0.3 is 5.69 Å². The predicted molar refractivity (Wildman–Crippen MR) is 92.3 cm³/mol. The molecule has 0 atom stereocenters. The summed E-state index contributed by atoms with van der Waals surface area (Å²) < 4.78 is 3.25. The molecule has 23 heavy (non-hydrogen) atoms. The largest absolute Gasteiger partial charge is 0.352 e. The van der Waals surface area contributed by atoms with Crippen LogP contribution in [0.4, 0.5) is 5.82 Å². The Morgan fingerprint density at radius 2 is 2.00 bits per heavy atom. The molecule has 2 aromatic rings. The van der Waals surface area contributed by atoms with Crippen molar-refractivity contribution in [3.05, 3.63) is 27.4 Å². The van der Waals surface area contributed by atoms with Gasteiger partial charge in [-0.2, -0.15) is 9.97 Å². The molecule has 0 unspecified atom stereocenters. The topological polar surface area (TPSA) is 68.0 Å². The number of halogens is 1. The molecule has 0 radical (unpaired) electrons. The van der Waals surface area contributed by atoms with E-state index in [1.807, 2.05) is 19.9 Å². The molecule has 3 rings (SSSR count). The van der Waals surface area contributed by atoms with Crippen LogP contribution in [0.15, 0.2) is 16.4 Å². The van der Waals surface area contributed by atoms with Crippen LogP contribution in [0.25, 0.3) is 11.2 Å². The van der Waals surface area contributed by atoms with Gasteiger partial charge in [0.25, 0.3) is 0 Å². The molecule has 3 heterocycles. The lowest BCUT2D eigenvalue weighted by atomic mass is 10.3. The minimum atomic E-state index is -0.106. The van der Waals surface area contributed by atoms with Crippen molar-refractivity contribution in [2.45, 2.75) is 20.4 Å². The average Bonchev–Trinajstić information content (AvgIpc) is 2.77. The molecule has 124 valence electrons. The number of nitrogens with zero attached hydrogens (tertiary/aromatic N) is 5. The molecule has 0 spiro atoms. The SMILES string of the molecule is CC(C)=CCn1c(=O)n(C)c2nc(Cl)nc(N3CCNCC3)c21. The Kier molecular flexibility index (Phi) is 4.41. The number of rotatable bonds is 3. The molecular formula is C15H21ClN6O. The normalized spacial score (nSPS) is 15.2. The van der Waals surface area contributed by atoms with Crippen molar-refractivity contribution >= 4 is 28.6 Å². The van der Waals surface area contributed by atoms with Gasteiger partial charge in [0, 0.05) is 39.8 Å². The summed E-state index contributed by atoms with van der Waals surface area (Å²) in [4.78, 5) is 23.5. The van der Waals surface area contributed by atoms with E-state index in [0.717, 1.165) is 43.1 Å². The Hall–Kier alpha value is -1.86. The Labute approximate surface area is 139 Å². The molecule has 0 aromatic carbocycles. The molecule has 0 bridgehead atoms. The predicted octanol–water partition coefficient (Wildman–Crippen LogP) is 1.16. The number of aryl methyl sites for hydroxylation is 1. The van der Waals surface area contributed by atoms with Crippen LogP contribution in [-0.2, 0) is 13.6 Å². The molecule has 1 saturated heterocycles. The van der Waals surface area contributed by atoms with Gasteiger partial charge in [0.2, 0.25) is 5.28 Å². The number of piperazine rings is 1. The maximum atomic E-state index is 12.6. The van der Waals surface area contributed by atoms with E-state index in [2.05, 4.69) is 20.2 Å². The molecule has 8 heteroatoms. The number of fused-ring (bicyclic) bond motifs is 1. The van der Waals surface area contributed by atoms with Crippen LogP contribution in [0.3, 0.4) is 0 Å². The van der Waals surface area contributed by atoms with Crippen LogP contribution >= 0.6 is 11.6 Å². The number of allylic oxidation sites excluding steroid dienone is 2. The number of hydrogen-bond donors (Lipinski definition) is 1. The van der Waals surface area contributed by atoms with Crippen molar-refractivity contribution in [1.29, 1.82) is 0 Å². The quantitative estimate of drug-likeness (QED) is 0.673. The first-order valence-electron chi connectivity index (χ1n) is 7.71. The fourth-order valence-electron chi connectivity index (χ4n) is 2.79. The lowest BCUT2D eigenvalue weighted by Gasteiger charge is -2.29. The summed E-state index contributed by atoms with van der Waals surface area (Å²) in [5.41, 5.74) is 2.38. The highest BCUT2D eigenvalue weighted by Gasteiger charge is 2.22. The van der Waals surface area contributed by atoms with Crippen molar-refractivity contribution in [2.75, 3.05) is 31.1 Å². The monoisotopic (exact) mass is 336 g/mol. The first-order chi connectivity index (χ1) is 11.0. The van der Waals surface area contributed by atoms with Crippen molar-refractivity contribution in [1.82, 2.24) is 24.4 Å². The van der Waals surface area contributed by atoms with Gasteiger partial charge < -0.3 is 10.2 Å². The second-order valence-corrected chi connectivity index (χ2v) is 6.30. The Morgan fingerprint density at radius 1 is 1.30 bits per heavy atom. The highest BCUT2D eigenvalue weighted by atomic mass is 35.5. The Balaban J connectivity index is 2.23. The van der Waals surface area contributed by atoms with Gasteiger partial charge in [-0.1, -0.05) is 11.6 Å². The molecule has 1 fully saturated rings. The van der Waals surface area contributed by atoms with Crippen LogP contribution < -0.4 is 15.9 Å². The lowest BCUT2D eigenvalue weighted by molar-refractivity contribution is 0.585. The first kappa shape index (κ1) is 16.0. The molecule has 7 nitrogen and oxygen atoms in total. The summed E-state index contributed by atoms with van der Waals surface area (Å²) in [6, 6.07) is 0. The number of nitrogens with one attached hydrogen (secondary N) is 1. The molecule has 2 aromatic heterocycles. The Bertz CT molecular complexity index is 811. The molecule has 1 aliphatic heterocycles. The highest BCUT2D eigenvalue weighted by Crippen LogP contribution is 2.25. The van der Waals surface area contributed by atoms with E-state index < -0.39 is 0 Å². The van der Waals surface area contributed by atoms with Crippen molar-refractivity contribution in [3.8, 4) is 0 Å². The number of anilines is 1. The van der Waals surface area contributed by atoms with Gasteiger partial charge in [0.15, 0.2) is 11.5 Å². The lowest BCUT2D eigenvalue weighted by Crippen LogP contribution is -2.44. The van der Waals surface area contributed by atoms with Crippen LogP contribution in [0, 0.1) is 0 Å². The molecular weight excluding hydrogens is 316 g/mol. The van der Waals surface area contributed by atoms with E-state index >= 15 is 0 Å². The maximum Gasteiger partial charge on any atom is 0.330 e. The second kappa shape index (κ2) is 6.33. The third-order valence-corrected chi connectivity index (χ3v) is 4.19. The Morgan fingerprint density at radius 3 is 2.65 bits per heavy atom. The third kappa shape index (κ3) is 2.98. The minimum Gasteiger partial charge on any atom is -0.352 e. The van der Waals surface area contributed by atoms with Gasteiger partial charge in [-0.15, -0.1) is 0 Å². The molecule has 0 amide bonds. The standard InChI is InChI=1S/C15H21ClN6O/c1-10(2)4-7-22-11-12(20(3)15(22)23)18-14(16)19-13(11)21-8-5-17-6-9-21/h4,17H,5-9H2,1-3H3. The van der Waals surface area contributed by atoms with E-state index in [9.17, 15) is 4.79 Å². The summed E-state index contributed by atoms with van der Waals surface area (Å²) >= 11 is 6.10. The summed E-state index contributed by atoms with van der Waals surface area (Å²) in [7, 11) is 1.72. The van der Waals surface area contributed by atoms with Gasteiger partial charge in [0.1, 0.15) is 5.52 Å². The first-order valence-corrected chi connectivity index (χ1v) is 8.08. The minimum absolute atomic E-state index is 0.106. The van der Waals surface area contributed by atoms with E-state index in [0.29, 0.717) is 12.2 Å². The highest BCUT2D eigenvalue weighted by molar-refractivity contribution is 6.28. The van der Waals surface area contributed by atoms with E-state index in [1.54, 1.807) is 11.6 Å². The van der Waals surface area contributed by atoms with Gasteiger partial charge in [-0.3, -0.25) is 9.13 Å².